The lowest BCUT2D eigenvalue weighted by Crippen LogP contribution is -2.34. The first-order valence-corrected chi connectivity index (χ1v) is 8.37. The first-order valence-electron chi connectivity index (χ1n) is 8.37. The molecule has 1 fully saturated rings. The molecule has 1 aliphatic carbocycles. The third-order valence-electron chi connectivity index (χ3n) is 4.15. The molecule has 1 heterocycles. The normalized spacial score (nSPS) is 20.1. The minimum atomic E-state index is -0.371. The van der Waals surface area contributed by atoms with E-state index in [0.717, 1.165) is 31.5 Å². The fraction of sp³-hybridized carbons (Fsp3) is 0.588. The van der Waals surface area contributed by atoms with E-state index in [9.17, 15) is 4.79 Å². The van der Waals surface area contributed by atoms with Gasteiger partial charge in [-0.15, -0.1) is 0 Å². The first kappa shape index (κ1) is 18.0. The number of carbonyl (C=O) groups excluding carboxylic acids is 1. The van der Waals surface area contributed by atoms with Crippen LogP contribution in [0.2, 0.25) is 0 Å². The van der Waals surface area contributed by atoms with Crippen LogP contribution in [0.15, 0.2) is 24.9 Å². The zero-order valence-corrected chi connectivity index (χ0v) is 14.5. The molecule has 0 saturated heterocycles. The summed E-state index contributed by atoms with van der Waals surface area (Å²) in [4.78, 5) is 22.2. The largest absolute Gasteiger partial charge is 0.445 e. The number of carbonyl (C=O) groups is 1. The van der Waals surface area contributed by atoms with Crippen molar-refractivity contribution in [2.24, 2.45) is 5.92 Å². The summed E-state index contributed by atoms with van der Waals surface area (Å²) in [6, 6.07) is 2.27. The molecule has 0 aliphatic heterocycles. The summed E-state index contributed by atoms with van der Waals surface area (Å²) >= 11 is 0. The van der Waals surface area contributed by atoms with Crippen LogP contribution in [0.25, 0.3) is 0 Å². The Morgan fingerprint density at radius 3 is 2.83 bits per heavy atom. The number of hydrogen-bond donors (Lipinski definition) is 2. The van der Waals surface area contributed by atoms with Crippen molar-refractivity contribution >= 4 is 17.9 Å². The van der Waals surface area contributed by atoms with E-state index in [1.165, 1.54) is 0 Å². The molecule has 1 aliphatic rings. The second-order valence-electron chi connectivity index (χ2n) is 6.26. The van der Waals surface area contributed by atoms with Crippen LogP contribution in [0.1, 0.15) is 25.7 Å². The van der Waals surface area contributed by atoms with Crippen LogP contribution in [0.3, 0.4) is 0 Å². The fourth-order valence-electron chi connectivity index (χ4n) is 2.77. The summed E-state index contributed by atoms with van der Waals surface area (Å²) in [5, 5.41) is 6.23. The van der Waals surface area contributed by atoms with E-state index in [1.54, 1.807) is 12.3 Å². The van der Waals surface area contributed by atoms with E-state index in [4.69, 9.17) is 4.74 Å². The standard InChI is InChI=1S/C17H27N5O2/c1-4-11-24-17(23)19-12-13-5-7-14(8-6-13)20-16-18-10-9-15(21-16)22(2)3/h4,9-10,13-14H,1,5-8,11-12H2,2-3H3,(H,19,23)(H,18,20,21). The van der Waals surface area contributed by atoms with Crippen molar-refractivity contribution in [3.8, 4) is 0 Å². The minimum absolute atomic E-state index is 0.245. The van der Waals surface area contributed by atoms with E-state index in [0.29, 0.717) is 24.5 Å². The summed E-state index contributed by atoms with van der Waals surface area (Å²) in [7, 11) is 3.93. The number of alkyl carbamates (subject to hydrolysis) is 1. The number of aromatic nitrogens is 2. The van der Waals surface area contributed by atoms with Crippen LogP contribution in [0.5, 0.6) is 0 Å². The van der Waals surface area contributed by atoms with Gasteiger partial charge < -0.3 is 20.3 Å². The molecule has 0 unspecified atom stereocenters. The minimum Gasteiger partial charge on any atom is -0.445 e. The monoisotopic (exact) mass is 333 g/mol. The van der Waals surface area contributed by atoms with Gasteiger partial charge in [-0.25, -0.2) is 9.78 Å². The lowest BCUT2D eigenvalue weighted by Gasteiger charge is -2.29. The van der Waals surface area contributed by atoms with Crippen molar-refractivity contribution in [3.05, 3.63) is 24.9 Å². The van der Waals surface area contributed by atoms with Crippen LogP contribution in [0, 0.1) is 5.92 Å². The Balaban J connectivity index is 1.72. The third kappa shape index (κ3) is 5.72. The lowest BCUT2D eigenvalue weighted by molar-refractivity contribution is 0.155. The molecular formula is C17H27N5O2. The van der Waals surface area contributed by atoms with Crippen LogP contribution in [0.4, 0.5) is 16.6 Å². The Labute approximate surface area is 143 Å². The van der Waals surface area contributed by atoms with Crippen LogP contribution in [-0.2, 0) is 4.74 Å². The van der Waals surface area contributed by atoms with Gasteiger partial charge in [0.25, 0.3) is 0 Å². The van der Waals surface area contributed by atoms with Gasteiger partial charge in [0.05, 0.1) is 0 Å². The molecule has 1 saturated carbocycles. The summed E-state index contributed by atoms with van der Waals surface area (Å²) in [6.45, 7) is 4.42. The van der Waals surface area contributed by atoms with Crippen LogP contribution >= 0.6 is 0 Å². The Kier molecular flexibility index (Phi) is 6.84. The third-order valence-corrected chi connectivity index (χ3v) is 4.15. The van der Waals surface area contributed by atoms with E-state index in [1.807, 2.05) is 25.1 Å². The molecule has 1 aromatic rings. The van der Waals surface area contributed by atoms with E-state index >= 15 is 0 Å². The van der Waals surface area contributed by atoms with Crippen LogP contribution in [-0.4, -0.2) is 49.4 Å². The average Bonchev–Trinajstić information content (AvgIpc) is 2.59. The van der Waals surface area contributed by atoms with Gasteiger partial charge >= 0.3 is 6.09 Å². The van der Waals surface area contributed by atoms with E-state index in [-0.39, 0.29) is 12.7 Å². The highest BCUT2D eigenvalue weighted by Gasteiger charge is 2.22. The predicted molar refractivity (Wildman–Crippen MR) is 95.3 cm³/mol. The summed E-state index contributed by atoms with van der Waals surface area (Å²) < 4.78 is 4.91. The summed E-state index contributed by atoms with van der Waals surface area (Å²) in [6.07, 6.45) is 7.18. The van der Waals surface area contributed by atoms with Gasteiger partial charge in [-0.2, -0.15) is 4.98 Å². The molecule has 0 atom stereocenters. The van der Waals surface area contributed by atoms with Gasteiger partial charge in [0.1, 0.15) is 12.4 Å². The molecule has 1 aromatic heterocycles. The SMILES string of the molecule is C=CCOC(=O)NCC1CCC(Nc2nccc(N(C)C)n2)CC1. The molecule has 7 nitrogen and oxygen atoms in total. The zero-order valence-electron chi connectivity index (χ0n) is 14.5. The van der Waals surface area contributed by atoms with Crippen molar-refractivity contribution in [3.63, 3.8) is 0 Å². The van der Waals surface area contributed by atoms with E-state index < -0.39 is 0 Å². The summed E-state index contributed by atoms with van der Waals surface area (Å²) in [5.41, 5.74) is 0. The van der Waals surface area contributed by atoms with Gasteiger partial charge in [0.15, 0.2) is 0 Å². The number of nitrogens with zero attached hydrogens (tertiary/aromatic N) is 3. The molecule has 0 spiro atoms. The highest BCUT2D eigenvalue weighted by atomic mass is 16.5. The second kappa shape index (κ2) is 9.10. The number of nitrogens with one attached hydrogen (secondary N) is 2. The smallest absolute Gasteiger partial charge is 0.407 e. The Morgan fingerprint density at radius 2 is 2.17 bits per heavy atom. The highest BCUT2D eigenvalue weighted by molar-refractivity contribution is 5.67. The number of ether oxygens (including phenoxy) is 1. The van der Waals surface area contributed by atoms with Crippen molar-refractivity contribution in [2.45, 2.75) is 31.7 Å². The van der Waals surface area contributed by atoms with Gasteiger partial charge in [-0.3, -0.25) is 0 Å². The van der Waals surface area contributed by atoms with Crippen molar-refractivity contribution in [1.29, 1.82) is 0 Å². The molecule has 0 bridgehead atoms. The Bertz CT molecular complexity index is 542. The zero-order chi connectivity index (χ0) is 17.4. The maximum absolute atomic E-state index is 11.4. The van der Waals surface area contributed by atoms with Crippen molar-refractivity contribution in [1.82, 2.24) is 15.3 Å². The molecule has 7 heteroatoms. The van der Waals surface area contributed by atoms with E-state index in [2.05, 4.69) is 27.2 Å². The van der Waals surface area contributed by atoms with Crippen molar-refractivity contribution < 1.29 is 9.53 Å². The van der Waals surface area contributed by atoms with Gasteiger partial charge in [0, 0.05) is 32.9 Å². The molecule has 0 aromatic carbocycles. The Morgan fingerprint density at radius 1 is 1.42 bits per heavy atom. The maximum atomic E-state index is 11.4. The Hall–Kier alpha value is -2.31. The molecule has 24 heavy (non-hydrogen) atoms. The molecule has 2 N–H and O–H groups in total. The van der Waals surface area contributed by atoms with Crippen molar-refractivity contribution in [2.75, 3.05) is 37.5 Å². The number of hydrogen-bond acceptors (Lipinski definition) is 6. The second-order valence-corrected chi connectivity index (χ2v) is 6.26. The van der Waals surface area contributed by atoms with Gasteiger partial charge in [-0.1, -0.05) is 12.7 Å². The lowest BCUT2D eigenvalue weighted by atomic mass is 9.86. The fourth-order valence-corrected chi connectivity index (χ4v) is 2.77. The molecule has 132 valence electrons. The quantitative estimate of drug-likeness (QED) is 0.746. The molecule has 2 rings (SSSR count). The maximum Gasteiger partial charge on any atom is 0.407 e. The molecular weight excluding hydrogens is 306 g/mol. The number of amides is 1. The topological polar surface area (TPSA) is 79.4 Å². The average molecular weight is 333 g/mol. The molecule has 0 radical (unpaired) electrons. The summed E-state index contributed by atoms with van der Waals surface area (Å²) in [5.74, 6) is 2.06. The number of anilines is 2. The first-order chi connectivity index (χ1) is 11.6. The number of rotatable bonds is 7. The van der Waals surface area contributed by atoms with Gasteiger partial charge in [-0.05, 0) is 37.7 Å². The van der Waals surface area contributed by atoms with Gasteiger partial charge in [0.2, 0.25) is 5.95 Å². The molecule has 1 amide bonds. The van der Waals surface area contributed by atoms with Crippen LogP contribution < -0.4 is 15.5 Å². The highest BCUT2D eigenvalue weighted by Crippen LogP contribution is 2.25. The predicted octanol–water partition coefficient (Wildman–Crippen LogP) is 2.43.